The Hall–Kier alpha value is -3.23. The number of ether oxygens (including phenoxy) is 2. The molecule has 0 atom stereocenters. The molecule has 0 fully saturated rings. The quantitative estimate of drug-likeness (QED) is 0.606. The second-order valence-electron chi connectivity index (χ2n) is 6.37. The molecule has 0 radical (unpaired) electrons. The van der Waals surface area contributed by atoms with Crippen LogP contribution < -0.4 is 20.1 Å². The number of alkyl halides is 3. The molecule has 162 valence electrons. The van der Waals surface area contributed by atoms with Crippen molar-refractivity contribution in [2.75, 3.05) is 27.3 Å². The highest BCUT2D eigenvalue weighted by atomic mass is 19.4. The Balaban J connectivity index is 1.71. The standard InChI is InChI=1S/C21H23F3N2O4/c1-29-17-9-3-14(13-18(17)30-2)4-10-19(27)25-11-12-26-20(28)15-5-7-16(8-6-15)21(22,23)24/h3,5-9,13H,4,10-12H2,1-2H3,(H,25,27)(H,26,28). The van der Waals surface area contributed by atoms with E-state index in [1.807, 2.05) is 6.07 Å². The van der Waals surface area contributed by atoms with Crippen LogP contribution in [-0.4, -0.2) is 39.1 Å². The van der Waals surface area contributed by atoms with Gasteiger partial charge in [0, 0.05) is 25.1 Å². The third-order valence-electron chi connectivity index (χ3n) is 4.30. The highest BCUT2D eigenvalue weighted by molar-refractivity contribution is 5.94. The largest absolute Gasteiger partial charge is 0.493 e. The molecule has 0 aromatic heterocycles. The molecule has 2 N–H and O–H groups in total. The van der Waals surface area contributed by atoms with Gasteiger partial charge in [-0.2, -0.15) is 13.2 Å². The molecule has 0 aliphatic rings. The predicted molar refractivity (Wildman–Crippen MR) is 105 cm³/mol. The van der Waals surface area contributed by atoms with E-state index in [0.29, 0.717) is 17.9 Å². The summed E-state index contributed by atoms with van der Waals surface area (Å²) in [6.45, 7) is 0.360. The number of hydrogen-bond donors (Lipinski definition) is 2. The Morgan fingerprint density at radius 1 is 0.900 bits per heavy atom. The molecule has 2 rings (SSSR count). The van der Waals surface area contributed by atoms with Crippen LogP contribution in [0.2, 0.25) is 0 Å². The molecule has 2 amide bonds. The van der Waals surface area contributed by atoms with Gasteiger partial charge in [-0.1, -0.05) is 6.07 Å². The number of rotatable bonds is 9. The number of carbonyl (C=O) groups is 2. The van der Waals surface area contributed by atoms with Gasteiger partial charge in [-0.15, -0.1) is 0 Å². The second-order valence-corrected chi connectivity index (χ2v) is 6.37. The highest BCUT2D eigenvalue weighted by Gasteiger charge is 2.30. The fraction of sp³-hybridized carbons (Fsp3) is 0.333. The lowest BCUT2D eigenvalue weighted by Crippen LogP contribution is -2.34. The van der Waals surface area contributed by atoms with Crippen LogP contribution in [0.15, 0.2) is 42.5 Å². The van der Waals surface area contributed by atoms with Crippen LogP contribution in [0.1, 0.15) is 27.9 Å². The lowest BCUT2D eigenvalue weighted by molar-refractivity contribution is -0.137. The Bertz CT molecular complexity index is 868. The first-order valence-electron chi connectivity index (χ1n) is 9.17. The van der Waals surface area contributed by atoms with Crippen molar-refractivity contribution in [2.45, 2.75) is 19.0 Å². The Kier molecular flexibility index (Phi) is 8.08. The number of nitrogens with one attached hydrogen (secondary N) is 2. The minimum absolute atomic E-state index is 0.114. The van der Waals surface area contributed by atoms with E-state index in [9.17, 15) is 22.8 Å². The molecule has 2 aromatic carbocycles. The number of hydrogen-bond acceptors (Lipinski definition) is 4. The molecule has 9 heteroatoms. The maximum atomic E-state index is 12.5. The molecule has 0 spiro atoms. The first kappa shape index (κ1) is 23.1. The van der Waals surface area contributed by atoms with Crippen LogP contribution in [-0.2, 0) is 17.4 Å². The van der Waals surface area contributed by atoms with Crippen molar-refractivity contribution >= 4 is 11.8 Å². The smallest absolute Gasteiger partial charge is 0.416 e. The van der Waals surface area contributed by atoms with E-state index in [0.717, 1.165) is 29.8 Å². The van der Waals surface area contributed by atoms with Gasteiger partial charge in [0.2, 0.25) is 5.91 Å². The number of halogens is 3. The summed E-state index contributed by atoms with van der Waals surface area (Å²) in [4.78, 5) is 23.9. The third-order valence-corrected chi connectivity index (χ3v) is 4.30. The summed E-state index contributed by atoms with van der Waals surface area (Å²) >= 11 is 0. The molecule has 0 aliphatic carbocycles. The van der Waals surface area contributed by atoms with Crippen LogP contribution in [0.4, 0.5) is 13.2 Å². The van der Waals surface area contributed by atoms with Crippen molar-refractivity contribution < 1.29 is 32.2 Å². The minimum Gasteiger partial charge on any atom is -0.493 e. The van der Waals surface area contributed by atoms with Gasteiger partial charge in [-0.3, -0.25) is 9.59 Å². The highest BCUT2D eigenvalue weighted by Crippen LogP contribution is 2.29. The normalized spacial score (nSPS) is 11.0. The monoisotopic (exact) mass is 424 g/mol. The van der Waals surface area contributed by atoms with Crippen molar-refractivity contribution in [1.82, 2.24) is 10.6 Å². The molecule has 0 saturated carbocycles. The molecule has 30 heavy (non-hydrogen) atoms. The molecule has 0 heterocycles. The van der Waals surface area contributed by atoms with Gasteiger partial charge in [-0.05, 0) is 48.4 Å². The number of amides is 2. The van der Waals surface area contributed by atoms with E-state index in [2.05, 4.69) is 10.6 Å². The summed E-state index contributed by atoms with van der Waals surface area (Å²) in [6, 6.07) is 9.34. The fourth-order valence-electron chi connectivity index (χ4n) is 2.67. The van der Waals surface area contributed by atoms with E-state index in [-0.39, 0.29) is 31.0 Å². The lowest BCUT2D eigenvalue weighted by atomic mass is 10.1. The van der Waals surface area contributed by atoms with Crippen LogP contribution in [0.3, 0.4) is 0 Å². The van der Waals surface area contributed by atoms with Crippen LogP contribution in [0.5, 0.6) is 11.5 Å². The molecule has 2 aromatic rings. The summed E-state index contributed by atoms with van der Waals surface area (Å²) in [6.07, 6.45) is -3.69. The van der Waals surface area contributed by atoms with Gasteiger partial charge in [-0.25, -0.2) is 0 Å². The summed E-state index contributed by atoms with van der Waals surface area (Å²) in [5, 5.41) is 5.23. The van der Waals surface area contributed by atoms with Gasteiger partial charge in [0.15, 0.2) is 11.5 Å². The number of benzene rings is 2. The molecule has 0 saturated heterocycles. The van der Waals surface area contributed by atoms with E-state index in [1.165, 1.54) is 7.11 Å². The third kappa shape index (κ3) is 6.68. The van der Waals surface area contributed by atoms with Crippen LogP contribution >= 0.6 is 0 Å². The van der Waals surface area contributed by atoms with Crippen molar-refractivity contribution in [3.8, 4) is 11.5 Å². The zero-order chi connectivity index (χ0) is 22.1. The Morgan fingerprint density at radius 2 is 1.53 bits per heavy atom. The molecule has 0 aliphatic heterocycles. The van der Waals surface area contributed by atoms with Crippen LogP contribution in [0, 0.1) is 0 Å². The predicted octanol–water partition coefficient (Wildman–Crippen LogP) is 3.20. The van der Waals surface area contributed by atoms with Gasteiger partial charge < -0.3 is 20.1 Å². The molecule has 0 bridgehead atoms. The summed E-state index contributed by atoms with van der Waals surface area (Å²) < 4.78 is 48.0. The average molecular weight is 424 g/mol. The maximum absolute atomic E-state index is 12.5. The number of aryl methyl sites for hydroxylation is 1. The topological polar surface area (TPSA) is 76.7 Å². The summed E-state index contributed by atoms with van der Waals surface area (Å²) in [5.41, 5.74) is 0.210. The maximum Gasteiger partial charge on any atom is 0.416 e. The van der Waals surface area contributed by atoms with E-state index in [1.54, 1.807) is 19.2 Å². The summed E-state index contributed by atoms with van der Waals surface area (Å²) in [7, 11) is 3.08. The van der Waals surface area contributed by atoms with E-state index >= 15 is 0 Å². The van der Waals surface area contributed by atoms with Crippen molar-refractivity contribution in [1.29, 1.82) is 0 Å². The van der Waals surface area contributed by atoms with Crippen molar-refractivity contribution in [2.24, 2.45) is 0 Å². The zero-order valence-corrected chi connectivity index (χ0v) is 16.6. The number of carbonyl (C=O) groups excluding carboxylic acids is 2. The SMILES string of the molecule is COc1ccc(CCC(=O)NCCNC(=O)c2ccc(C(F)(F)F)cc2)cc1OC. The first-order valence-corrected chi connectivity index (χ1v) is 9.17. The van der Waals surface area contributed by atoms with Crippen molar-refractivity contribution in [3.63, 3.8) is 0 Å². The molecular weight excluding hydrogens is 401 g/mol. The molecular formula is C21H23F3N2O4. The Labute approximate surface area is 172 Å². The molecule has 6 nitrogen and oxygen atoms in total. The van der Waals surface area contributed by atoms with E-state index in [4.69, 9.17) is 9.47 Å². The molecule has 0 unspecified atom stereocenters. The first-order chi connectivity index (χ1) is 14.2. The van der Waals surface area contributed by atoms with Gasteiger partial charge in [0.05, 0.1) is 19.8 Å². The fourth-order valence-corrected chi connectivity index (χ4v) is 2.67. The van der Waals surface area contributed by atoms with E-state index < -0.39 is 17.6 Å². The minimum atomic E-state index is -4.45. The van der Waals surface area contributed by atoms with Gasteiger partial charge in [0.1, 0.15) is 0 Å². The van der Waals surface area contributed by atoms with Gasteiger partial charge in [0.25, 0.3) is 5.91 Å². The summed E-state index contributed by atoms with van der Waals surface area (Å²) in [5.74, 6) is 0.493. The second kappa shape index (κ2) is 10.5. The van der Waals surface area contributed by atoms with Crippen LogP contribution in [0.25, 0.3) is 0 Å². The zero-order valence-electron chi connectivity index (χ0n) is 16.6. The van der Waals surface area contributed by atoms with Gasteiger partial charge >= 0.3 is 6.18 Å². The lowest BCUT2D eigenvalue weighted by Gasteiger charge is -2.10. The van der Waals surface area contributed by atoms with Crippen molar-refractivity contribution in [3.05, 3.63) is 59.2 Å². The Morgan fingerprint density at radius 3 is 2.13 bits per heavy atom. The average Bonchev–Trinajstić information content (AvgIpc) is 2.74. The number of methoxy groups -OCH3 is 2.